The van der Waals surface area contributed by atoms with E-state index < -0.39 is 0 Å². The van der Waals surface area contributed by atoms with Gasteiger partial charge in [0.1, 0.15) is 0 Å². The average Bonchev–Trinajstić information content (AvgIpc) is 2.86. The van der Waals surface area contributed by atoms with E-state index in [-0.39, 0.29) is 11.4 Å². The van der Waals surface area contributed by atoms with Crippen LogP contribution in [0.2, 0.25) is 0 Å². The molecule has 1 N–H and O–H groups in total. The Balaban J connectivity index is 2.17. The lowest BCUT2D eigenvalue weighted by molar-refractivity contribution is 0.0631. The van der Waals surface area contributed by atoms with Crippen molar-refractivity contribution in [3.63, 3.8) is 0 Å². The van der Waals surface area contributed by atoms with E-state index in [2.05, 4.69) is 12.2 Å². The number of amides is 1. The number of likely N-dealkylation sites (N-methyl/N-ethyl adjacent to an activating group) is 1. The van der Waals surface area contributed by atoms with Crippen LogP contribution in [0, 0.1) is 0 Å². The maximum absolute atomic E-state index is 12.3. The first-order valence-corrected chi connectivity index (χ1v) is 6.55. The van der Waals surface area contributed by atoms with Crippen LogP contribution < -0.4 is 5.32 Å². The van der Waals surface area contributed by atoms with Crippen LogP contribution in [0.3, 0.4) is 0 Å². The first kappa shape index (κ1) is 11.6. The van der Waals surface area contributed by atoms with Crippen molar-refractivity contribution in [2.45, 2.75) is 25.3 Å². The number of thiophene rings is 1. The minimum Gasteiger partial charge on any atom is -0.331 e. The smallest absolute Gasteiger partial charge is 0.264 e. The van der Waals surface area contributed by atoms with E-state index in [0.717, 1.165) is 30.8 Å². The van der Waals surface area contributed by atoms with E-state index in [0.29, 0.717) is 0 Å². The number of likely N-dealkylation sites (tertiary alicyclic amines) is 1. The summed E-state index contributed by atoms with van der Waals surface area (Å²) in [6.07, 6.45) is 2.19. The van der Waals surface area contributed by atoms with Crippen molar-refractivity contribution in [1.82, 2.24) is 10.2 Å². The third-order valence-corrected chi connectivity index (χ3v) is 4.14. The molecule has 0 bridgehead atoms. The van der Waals surface area contributed by atoms with Crippen LogP contribution in [0.4, 0.5) is 0 Å². The number of carbonyl (C=O) groups excluding carboxylic acids is 1. The van der Waals surface area contributed by atoms with Gasteiger partial charge in [-0.25, -0.2) is 0 Å². The van der Waals surface area contributed by atoms with Crippen LogP contribution in [-0.4, -0.2) is 36.5 Å². The topological polar surface area (TPSA) is 32.3 Å². The summed E-state index contributed by atoms with van der Waals surface area (Å²) in [6, 6.07) is 3.84. The molecule has 1 amide bonds. The Morgan fingerprint density at radius 1 is 1.69 bits per heavy atom. The van der Waals surface area contributed by atoms with Crippen molar-refractivity contribution in [1.29, 1.82) is 0 Å². The highest BCUT2D eigenvalue weighted by Crippen LogP contribution is 2.30. The van der Waals surface area contributed by atoms with E-state index >= 15 is 0 Å². The Kier molecular flexibility index (Phi) is 3.30. The van der Waals surface area contributed by atoms with E-state index in [1.807, 2.05) is 29.5 Å². The SMILES string of the molecule is CNCC1(C)CCCN1C(=O)c1cccs1. The fourth-order valence-electron chi connectivity index (χ4n) is 2.47. The van der Waals surface area contributed by atoms with Crippen molar-refractivity contribution >= 4 is 17.2 Å². The number of hydrogen-bond donors (Lipinski definition) is 1. The van der Waals surface area contributed by atoms with Gasteiger partial charge in [-0.3, -0.25) is 4.79 Å². The van der Waals surface area contributed by atoms with E-state index in [9.17, 15) is 4.79 Å². The van der Waals surface area contributed by atoms with Crippen LogP contribution in [-0.2, 0) is 0 Å². The van der Waals surface area contributed by atoms with Crippen molar-refractivity contribution in [2.24, 2.45) is 0 Å². The lowest BCUT2D eigenvalue weighted by Crippen LogP contribution is -2.50. The molecule has 1 aromatic heterocycles. The summed E-state index contributed by atoms with van der Waals surface area (Å²) in [5, 5.41) is 5.15. The van der Waals surface area contributed by atoms with Crippen LogP contribution in [0.25, 0.3) is 0 Å². The molecule has 1 fully saturated rings. The third kappa shape index (κ3) is 1.99. The Bertz CT molecular complexity index is 363. The molecule has 1 aromatic rings. The van der Waals surface area contributed by atoms with Gasteiger partial charge in [-0.05, 0) is 38.3 Å². The monoisotopic (exact) mass is 238 g/mol. The number of nitrogens with zero attached hydrogens (tertiary/aromatic N) is 1. The molecule has 0 radical (unpaired) electrons. The van der Waals surface area contributed by atoms with Gasteiger partial charge in [0.2, 0.25) is 0 Å². The van der Waals surface area contributed by atoms with Gasteiger partial charge in [-0.15, -0.1) is 11.3 Å². The van der Waals surface area contributed by atoms with Gasteiger partial charge in [-0.1, -0.05) is 6.07 Å². The number of hydrogen-bond acceptors (Lipinski definition) is 3. The zero-order valence-electron chi connectivity index (χ0n) is 9.82. The minimum absolute atomic E-state index is 0.0180. The predicted molar refractivity (Wildman–Crippen MR) is 66.9 cm³/mol. The standard InChI is InChI=1S/C12H18N2OS/c1-12(9-13-2)6-4-7-14(12)11(15)10-5-3-8-16-10/h3,5,8,13H,4,6-7,9H2,1-2H3. The molecular weight excluding hydrogens is 220 g/mol. The number of rotatable bonds is 3. The molecule has 0 spiro atoms. The Hall–Kier alpha value is -0.870. The van der Waals surface area contributed by atoms with Crippen molar-refractivity contribution < 1.29 is 4.79 Å². The first-order valence-electron chi connectivity index (χ1n) is 5.67. The van der Waals surface area contributed by atoms with Crippen molar-refractivity contribution in [3.05, 3.63) is 22.4 Å². The number of carbonyl (C=O) groups is 1. The molecule has 1 saturated heterocycles. The van der Waals surface area contributed by atoms with Crippen molar-refractivity contribution in [3.8, 4) is 0 Å². The summed E-state index contributed by atoms with van der Waals surface area (Å²) in [7, 11) is 1.94. The molecule has 1 unspecified atom stereocenters. The molecule has 2 rings (SSSR count). The highest BCUT2D eigenvalue weighted by molar-refractivity contribution is 7.12. The molecule has 1 aliphatic rings. The fraction of sp³-hybridized carbons (Fsp3) is 0.583. The molecule has 4 heteroatoms. The molecule has 2 heterocycles. The van der Waals surface area contributed by atoms with Gasteiger partial charge < -0.3 is 10.2 Å². The maximum Gasteiger partial charge on any atom is 0.264 e. The van der Waals surface area contributed by atoms with E-state index in [1.54, 1.807) is 0 Å². The van der Waals surface area contributed by atoms with Crippen LogP contribution in [0.15, 0.2) is 17.5 Å². The summed E-state index contributed by atoms with van der Waals surface area (Å²) in [4.78, 5) is 15.2. The summed E-state index contributed by atoms with van der Waals surface area (Å²) in [6.45, 7) is 3.92. The van der Waals surface area contributed by atoms with Gasteiger partial charge >= 0.3 is 0 Å². The maximum atomic E-state index is 12.3. The highest BCUT2D eigenvalue weighted by Gasteiger charge is 2.39. The van der Waals surface area contributed by atoms with Gasteiger partial charge in [0, 0.05) is 13.1 Å². The fourth-order valence-corrected chi connectivity index (χ4v) is 3.14. The second-order valence-electron chi connectivity index (χ2n) is 4.56. The van der Waals surface area contributed by atoms with Crippen LogP contribution in [0.1, 0.15) is 29.4 Å². The molecule has 16 heavy (non-hydrogen) atoms. The quantitative estimate of drug-likeness (QED) is 0.873. The molecule has 1 aliphatic heterocycles. The summed E-state index contributed by atoms with van der Waals surface area (Å²) in [5.41, 5.74) is -0.0180. The van der Waals surface area contributed by atoms with Gasteiger partial charge in [0.25, 0.3) is 5.91 Å². The molecule has 88 valence electrons. The molecule has 0 saturated carbocycles. The Labute approximate surface area is 100 Å². The van der Waals surface area contributed by atoms with Crippen LogP contribution >= 0.6 is 11.3 Å². The van der Waals surface area contributed by atoms with Gasteiger partial charge in [0.15, 0.2) is 0 Å². The van der Waals surface area contributed by atoms with Gasteiger partial charge in [-0.2, -0.15) is 0 Å². The molecule has 3 nitrogen and oxygen atoms in total. The Morgan fingerprint density at radius 3 is 3.12 bits per heavy atom. The molecule has 1 atom stereocenters. The summed E-state index contributed by atoms with van der Waals surface area (Å²) < 4.78 is 0. The lowest BCUT2D eigenvalue weighted by Gasteiger charge is -2.35. The van der Waals surface area contributed by atoms with E-state index in [4.69, 9.17) is 0 Å². The van der Waals surface area contributed by atoms with Crippen LogP contribution in [0.5, 0.6) is 0 Å². The van der Waals surface area contributed by atoms with Crippen molar-refractivity contribution in [2.75, 3.05) is 20.1 Å². The summed E-state index contributed by atoms with van der Waals surface area (Å²) >= 11 is 1.53. The molecular formula is C12H18N2OS. The Morgan fingerprint density at radius 2 is 2.50 bits per heavy atom. The second kappa shape index (κ2) is 4.55. The van der Waals surface area contributed by atoms with E-state index in [1.165, 1.54) is 11.3 Å². The summed E-state index contributed by atoms with van der Waals surface area (Å²) in [5.74, 6) is 0.185. The largest absolute Gasteiger partial charge is 0.331 e. The highest BCUT2D eigenvalue weighted by atomic mass is 32.1. The normalized spacial score (nSPS) is 25.0. The second-order valence-corrected chi connectivity index (χ2v) is 5.51. The zero-order chi connectivity index (χ0) is 11.6. The lowest BCUT2D eigenvalue weighted by atomic mass is 9.99. The molecule has 0 aromatic carbocycles. The predicted octanol–water partition coefficient (Wildman–Crippen LogP) is 1.96. The zero-order valence-corrected chi connectivity index (χ0v) is 10.6. The third-order valence-electron chi connectivity index (χ3n) is 3.28. The molecule has 0 aliphatic carbocycles. The van der Waals surface area contributed by atoms with Gasteiger partial charge in [0.05, 0.1) is 10.4 Å². The number of nitrogens with one attached hydrogen (secondary N) is 1. The minimum atomic E-state index is -0.0180. The average molecular weight is 238 g/mol. The first-order chi connectivity index (χ1) is 7.67.